The third kappa shape index (κ3) is 1.44. The average Bonchev–Trinajstić information content (AvgIpc) is 2.51. The van der Waals surface area contributed by atoms with Gasteiger partial charge < -0.3 is 0 Å². The van der Waals surface area contributed by atoms with Crippen molar-refractivity contribution >= 4 is 7.82 Å². The predicted octanol–water partition coefficient (Wildman–Crippen LogP) is 1.96. The maximum absolute atomic E-state index is 11.5. The van der Waals surface area contributed by atoms with Gasteiger partial charge in [-0.25, -0.2) is 4.57 Å². The summed E-state index contributed by atoms with van der Waals surface area (Å²) in [4.78, 5) is 0. The van der Waals surface area contributed by atoms with Crippen molar-refractivity contribution in [3.63, 3.8) is 0 Å². The molecule has 0 radical (unpaired) electrons. The number of hydrogen-bond donors (Lipinski definition) is 0. The summed E-state index contributed by atoms with van der Waals surface area (Å²) >= 11 is 0. The van der Waals surface area contributed by atoms with Crippen LogP contribution in [0.1, 0.15) is 19.3 Å². The molecule has 0 aromatic rings. The quantitative estimate of drug-likeness (QED) is 0.595. The van der Waals surface area contributed by atoms with Gasteiger partial charge in [-0.2, -0.15) is 0 Å². The molecule has 1 aliphatic heterocycles. The highest BCUT2D eigenvalue weighted by Crippen LogP contribution is 2.56. The van der Waals surface area contributed by atoms with Crippen LogP contribution in [-0.4, -0.2) is 19.8 Å². The molecule has 2 rings (SSSR count). The second-order valence-electron chi connectivity index (χ2n) is 3.26. The summed E-state index contributed by atoms with van der Waals surface area (Å²) in [5, 5.41) is 0. The van der Waals surface area contributed by atoms with Crippen molar-refractivity contribution in [2.45, 2.75) is 25.4 Å². The molecule has 0 unspecified atom stereocenters. The minimum absolute atomic E-state index is 0.101. The second-order valence-corrected chi connectivity index (χ2v) is 4.99. The van der Waals surface area contributed by atoms with Gasteiger partial charge in [-0.15, -0.1) is 0 Å². The fraction of sp³-hybridized carbons (Fsp3) is 1.00. The van der Waals surface area contributed by atoms with Gasteiger partial charge in [0.1, 0.15) is 0 Å². The summed E-state index contributed by atoms with van der Waals surface area (Å²) in [5.74, 6) is 0.433. The lowest BCUT2D eigenvalue weighted by Gasteiger charge is -2.30. The first-order chi connectivity index (χ1) is 5.73. The molecule has 3 atom stereocenters. The zero-order valence-corrected chi connectivity index (χ0v) is 7.96. The van der Waals surface area contributed by atoms with E-state index in [1.54, 1.807) is 0 Å². The van der Waals surface area contributed by atoms with Crippen LogP contribution in [0.25, 0.3) is 0 Å². The van der Waals surface area contributed by atoms with E-state index in [1.165, 1.54) is 7.11 Å². The normalized spacial score (nSPS) is 47.4. The largest absolute Gasteiger partial charge is 0.474 e. The monoisotopic (exact) mass is 192 g/mol. The molecule has 0 aromatic carbocycles. The van der Waals surface area contributed by atoms with Crippen LogP contribution in [-0.2, 0) is 18.1 Å². The number of rotatable bonds is 1. The van der Waals surface area contributed by atoms with Gasteiger partial charge in [0.15, 0.2) is 0 Å². The van der Waals surface area contributed by atoms with Gasteiger partial charge in [-0.05, 0) is 12.8 Å². The molecule has 0 bridgehead atoms. The van der Waals surface area contributed by atoms with E-state index >= 15 is 0 Å². The van der Waals surface area contributed by atoms with Crippen molar-refractivity contribution < 1.29 is 18.1 Å². The lowest BCUT2D eigenvalue weighted by molar-refractivity contribution is 0.00891. The fourth-order valence-corrected chi connectivity index (χ4v) is 3.05. The molecule has 70 valence electrons. The Balaban J connectivity index is 2.05. The van der Waals surface area contributed by atoms with E-state index < -0.39 is 7.82 Å². The van der Waals surface area contributed by atoms with Crippen molar-refractivity contribution in [2.75, 3.05) is 13.7 Å². The standard InChI is InChI=1S/C7H13O4P/c1-9-12(8)10-5-6-3-2-4-7(6)11-12/h6-7H,2-5H2,1H3/t6-,7-,12+/m1/s1. The molecule has 1 aliphatic carbocycles. The maximum atomic E-state index is 11.5. The Morgan fingerprint density at radius 3 is 3.08 bits per heavy atom. The third-order valence-electron chi connectivity index (χ3n) is 2.52. The van der Waals surface area contributed by atoms with Gasteiger partial charge in [0.05, 0.1) is 12.7 Å². The Morgan fingerprint density at radius 2 is 2.33 bits per heavy atom. The van der Waals surface area contributed by atoms with E-state index in [9.17, 15) is 4.57 Å². The van der Waals surface area contributed by atoms with E-state index in [0.717, 1.165) is 19.3 Å². The first kappa shape index (κ1) is 8.70. The minimum Gasteiger partial charge on any atom is -0.290 e. The van der Waals surface area contributed by atoms with Crippen LogP contribution >= 0.6 is 7.82 Å². The van der Waals surface area contributed by atoms with Crippen LogP contribution in [0.5, 0.6) is 0 Å². The molecule has 12 heavy (non-hydrogen) atoms. The Hall–Kier alpha value is 0.110. The molecule has 5 heteroatoms. The van der Waals surface area contributed by atoms with Gasteiger partial charge in [-0.1, -0.05) is 6.42 Å². The molecule has 4 nitrogen and oxygen atoms in total. The molecule has 1 saturated heterocycles. The first-order valence-corrected chi connectivity index (χ1v) is 5.68. The molecule has 0 aromatic heterocycles. The van der Waals surface area contributed by atoms with Crippen molar-refractivity contribution in [1.82, 2.24) is 0 Å². The molecule has 1 heterocycles. The molecule has 2 aliphatic rings. The Kier molecular flexibility index (Phi) is 2.25. The number of hydrogen-bond acceptors (Lipinski definition) is 4. The van der Waals surface area contributed by atoms with E-state index in [0.29, 0.717) is 12.5 Å². The maximum Gasteiger partial charge on any atom is 0.474 e. The van der Waals surface area contributed by atoms with Gasteiger partial charge in [-0.3, -0.25) is 13.6 Å². The van der Waals surface area contributed by atoms with Crippen molar-refractivity contribution in [3.05, 3.63) is 0 Å². The smallest absolute Gasteiger partial charge is 0.290 e. The topological polar surface area (TPSA) is 44.8 Å². The van der Waals surface area contributed by atoms with Crippen LogP contribution in [0.15, 0.2) is 0 Å². The third-order valence-corrected chi connectivity index (χ3v) is 3.97. The average molecular weight is 192 g/mol. The number of phosphoric acid groups is 1. The summed E-state index contributed by atoms with van der Waals surface area (Å²) < 4.78 is 26.5. The van der Waals surface area contributed by atoms with Crippen LogP contribution in [0.4, 0.5) is 0 Å². The minimum atomic E-state index is -3.16. The summed E-state index contributed by atoms with van der Waals surface area (Å²) in [6, 6.07) is 0. The van der Waals surface area contributed by atoms with Crippen LogP contribution in [0, 0.1) is 5.92 Å². The zero-order chi connectivity index (χ0) is 8.60. The summed E-state index contributed by atoms with van der Waals surface area (Å²) in [6.45, 7) is 0.524. The van der Waals surface area contributed by atoms with E-state index in [4.69, 9.17) is 13.6 Å². The molecule has 0 amide bonds. The van der Waals surface area contributed by atoms with Crippen molar-refractivity contribution in [1.29, 1.82) is 0 Å². The predicted molar refractivity (Wildman–Crippen MR) is 42.8 cm³/mol. The molecular weight excluding hydrogens is 179 g/mol. The highest BCUT2D eigenvalue weighted by atomic mass is 31.2. The highest BCUT2D eigenvalue weighted by Gasteiger charge is 2.42. The Morgan fingerprint density at radius 1 is 1.50 bits per heavy atom. The Bertz CT molecular complexity index is 217. The van der Waals surface area contributed by atoms with Gasteiger partial charge >= 0.3 is 7.82 Å². The van der Waals surface area contributed by atoms with Crippen molar-refractivity contribution in [3.8, 4) is 0 Å². The van der Waals surface area contributed by atoms with E-state index in [-0.39, 0.29) is 6.10 Å². The van der Waals surface area contributed by atoms with Gasteiger partial charge in [0.2, 0.25) is 0 Å². The van der Waals surface area contributed by atoms with Crippen molar-refractivity contribution in [2.24, 2.45) is 5.92 Å². The van der Waals surface area contributed by atoms with Crippen LogP contribution < -0.4 is 0 Å². The Labute approximate surface area is 71.8 Å². The second kappa shape index (κ2) is 3.11. The highest BCUT2D eigenvalue weighted by molar-refractivity contribution is 7.48. The lowest BCUT2D eigenvalue weighted by atomic mass is 10.1. The summed E-state index contributed by atoms with van der Waals surface area (Å²) in [7, 11) is -1.81. The molecular formula is C7H13O4P. The summed E-state index contributed by atoms with van der Waals surface area (Å²) in [6.07, 6.45) is 3.35. The lowest BCUT2D eigenvalue weighted by Crippen LogP contribution is -2.27. The first-order valence-electron chi connectivity index (χ1n) is 4.22. The number of phosphoric ester groups is 1. The van der Waals surface area contributed by atoms with Gasteiger partial charge in [0.25, 0.3) is 0 Å². The molecule has 2 fully saturated rings. The summed E-state index contributed by atoms with van der Waals surface area (Å²) in [5.41, 5.74) is 0. The fourth-order valence-electron chi connectivity index (χ4n) is 1.81. The molecule has 1 saturated carbocycles. The zero-order valence-electron chi connectivity index (χ0n) is 7.06. The van der Waals surface area contributed by atoms with Crippen LogP contribution in [0.2, 0.25) is 0 Å². The molecule has 0 N–H and O–H groups in total. The SMILES string of the molecule is CO[P@@]1(=O)OC[C@H]2CCC[C@H]2O1. The molecule has 0 spiro atoms. The van der Waals surface area contributed by atoms with Gasteiger partial charge in [0, 0.05) is 13.0 Å². The van der Waals surface area contributed by atoms with E-state index in [2.05, 4.69) is 0 Å². The van der Waals surface area contributed by atoms with E-state index in [1.807, 2.05) is 0 Å². The van der Waals surface area contributed by atoms with Crippen LogP contribution in [0.3, 0.4) is 0 Å². The number of fused-ring (bicyclic) bond motifs is 1.